The minimum absolute atomic E-state index is 0. The second-order valence-corrected chi connectivity index (χ2v) is 9.43. The minimum atomic E-state index is -0.622. The number of likely N-dealkylation sites (N-methyl/N-ethyl adjacent to an activating group) is 2. The third kappa shape index (κ3) is 9.12. The van der Waals surface area contributed by atoms with Crippen LogP contribution >= 0.6 is 0 Å². The van der Waals surface area contributed by atoms with Crippen LogP contribution in [0.25, 0.3) is 0 Å². The smallest absolute Gasteiger partial charge is 1.00 e. The van der Waals surface area contributed by atoms with Gasteiger partial charge in [0.1, 0.15) is 0 Å². The third-order valence-electron chi connectivity index (χ3n) is 5.63. The second kappa shape index (κ2) is 15.7. The van der Waals surface area contributed by atoms with Gasteiger partial charge in [-0.1, -0.05) is 0 Å². The van der Waals surface area contributed by atoms with Crippen molar-refractivity contribution < 1.29 is 71.9 Å². The number of halogens is 3. The van der Waals surface area contributed by atoms with E-state index in [-0.39, 0.29) is 49.7 Å². The van der Waals surface area contributed by atoms with Gasteiger partial charge in [0.15, 0.2) is 0 Å². The maximum Gasteiger partial charge on any atom is -1.00 e. The Morgan fingerprint density at radius 2 is 1.19 bits per heavy atom. The normalized spacial score (nSPS) is 22.8. The van der Waals surface area contributed by atoms with E-state index in [9.17, 15) is 0 Å². The maximum absolute atomic E-state index is 6.51. The van der Waals surface area contributed by atoms with E-state index in [0.29, 0.717) is 19.6 Å². The summed E-state index contributed by atoms with van der Waals surface area (Å²) < 4.78 is 18.6. The topological polar surface area (TPSA) is 46.2 Å². The van der Waals surface area contributed by atoms with E-state index < -0.39 is 4.03 Å². The number of hydrogen-bond donors (Lipinski definition) is 1. The van der Waals surface area contributed by atoms with Crippen LogP contribution in [0.5, 0.6) is 17.2 Å². The molecule has 3 aromatic rings. The van der Waals surface area contributed by atoms with Crippen molar-refractivity contribution in [2.24, 2.45) is 0 Å². The van der Waals surface area contributed by atoms with Gasteiger partial charge in [0.2, 0.25) is 0 Å². The first-order valence-corrected chi connectivity index (χ1v) is 11.9. The Bertz CT molecular complexity index is 995. The number of rotatable bonds is 6. The average Bonchev–Trinajstić information content (AvgIpc) is 2.87. The van der Waals surface area contributed by atoms with Crippen LogP contribution in [0, 0.1) is 0 Å². The fourth-order valence-corrected chi connectivity index (χ4v) is 4.16. The average molecular weight is 587 g/mol. The fourth-order valence-electron chi connectivity index (χ4n) is 3.68. The van der Waals surface area contributed by atoms with Gasteiger partial charge in [-0.3, -0.25) is 0 Å². The van der Waals surface area contributed by atoms with Gasteiger partial charge in [-0.25, -0.2) is 0 Å². The van der Waals surface area contributed by atoms with E-state index in [1.54, 1.807) is 0 Å². The molecule has 36 heavy (non-hydrogen) atoms. The SMILES string of the molecule is CN1CC(Oc2ccccc2)NC[C]([Ti+3])(Oc2ccccc2)N(C)CC1Oc1ccccc1.[Cl-].[Cl-].[Cl-]. The number of nitrogens with zero attached hydrogens (tertiary/aromatic N) is 2. The zero-order valence-electron chi connectivity index (χ0n) is 20.2. The van der Waals surface area contributed by atoms with Crippen LogP contribution in [0.1, 0.15) is 0 Å². The predicted octanol–water partition coefficient (Wildman–Crippen LogP) is -5.45. The molecule has 3 atom stereocenters. The largest absolute Gasteiger partial charge is 1.00 e. The van der Waals surface area contributed by atoms with Gasteiger partial charge in [-0.15, -0.1) is 0 Å². The van der Waals surface area contributed by atoms with Crippen molar-refractivity contribution in [3.63, 3.8) is 0 Å². The molecular formula is C26H30Cl3N3O3Ti. The van der Waals surface area contributed by atoms with E-state index in [1.807, 2.05) is 91.0 Å². The standard InChI is InChI=1S/C26H30N3O3.3ClH.Ti/c1-28-19-24(30-21-12-6-3-7-13-21)27-18-25(31-22-14-8-4-9-15-22)29(2)20-26(28)32-23-16-10-5-11-17-23;;;;/h3-17,24,26-27H,18-20H2,1-2H3;3*1H;/q;;;;+3/p-3. The molecule has 10 heteroatoms. The van der Waals surface area contributed by atoms with Crippen molar-refractivity contribution in [1.29, 1.82) is 0 Å². The number of hydrogen-bond acceptors (Lipinski definition) is 6. The molecule has 6 nitrogen and oxygen atoms in total. The maximum atomic E-state index is 6.51. The molecule has 3 aromatic carbocycles. The molecule has 1 N–H and O–H groups in total. The Labute approximate surface area is 244 Å². The van der Waals surface area contributed by atoms with Crippen LogP contribution in [0.4, 0.5) is 0 Å². The first-order chi connectivity index (χ1) is 16.0. The first-order valence-electron chi connectivity index (χ1n) is 11.1. The summed E-state index contributed by atoms with van der Waals surface area (Å²) >= 11 is 2.09. The zero-order chi connectivity index (χ0) is 23.1. The molecule has 1 aliphatic rings. The van der Waals surface area contributed by atoms with Crippen LogP contribution in [0.2, 0.25) is 0 Å². The summed E-state index contributed by atoms with van der Waals surface area (Å²) in [5.41, 5.74) is 0. The minimum Gasteiger partial charge on any atom is -1.00 e. The Balaban J connectivity index is 0.00000216. The molecule has 192 valence electrons. The molecule has 1 saturated heterocycles. The van der Waals surface area contributed by atoms with E-state index in [1.165, 1.54) is 0 Å². The van der Waals surface area contributed by atoms with Gasteiger partial charge in [0.25, 0.3) is 0 Å². The molecule has 4 rings (SSSR count). The first kappa shape index (κ1) is 32.6. The van der Waals surface area contributed by atoms with Crippen molar-refractivity contribution in [2.45, 2.75) is 16.5 Å². The van der Waals surface area contributed by atoms with Gasteiger partial charge in [-0.05, 0) is 0 Å². The quantitative estimate of drug-likeness (QED) is 0.291. The van der Waals surface area contributed by atoms with Crippen molar-refractivity contribution in [3.05, 3.63) is 91.0 Å². The van der Waals surface area contributed by atoms with E-state index in [0.717, 1.165) is 17.2 Å². The Morgan fingerprint density at radius 1 is 0.722 bits per heavy atom. The van der Waals surface area contributed by atoms with E-state index >= 15 is 0 Å². The van der Waals surface area contributed by atoms with Crippen LogP contribution in [0.15, 0.2) is 91.0 Å². The van der Waals surface area contributed by atoms with Crippen LogP contribution < -0.4 is 56.7 Å². The van der Waals surface area contributed by atoms with Gasteiger partial charge in [-0.2, -0.15) is 0 Å². The van der Waals surface area contributed by atoms with Crippen LogP contribution in [0.3, 0.4) is 0 Å². The molecule has 1 fully saturated rings. The summed E-state index contributed by atoms with van der Waals surface area (Å²) in [6.45, 7) is 1.86. The van der Waals surface area contributed by atoms with Gasteiger partial charge in [0.05, 0.1) is 0 Å². The molecular weight excluding hydrogens is 557 g/mol. The van der Waals surface area contributed by atoms with Gasteiger partial charge >= 0.3 is 208 Å². The van der Waals surface area contributed by atoms with Gasteiger partial charge < -0.3 is 37.2 Å². The summed E-state index contributed by atoms with van der Waals surface area (Å²) in [7, 11) is 4.13. The molecule has 0 amide bonds. The molecule has 1 heterocycles. The molecule has 0 bridgehead atoms. The summed E-state index contributed by atoms with van der Waals surface area (Å²) in [5, 5.41) is 3.58. The van der Waals surface area contributed by atoms with Gasteiger partial charge in [0, 0.05) is 0 Å². The van der Waals surface area contributed by atoms with E-state index in [4.69, 9.17) is 14.2 Å². The van der Waals surface area contributed by atoms with Crippen molar-refractivity contribution >= 4 is 0 Å². The Morgan fingerprint density at radius 3 is 1.72 bits per heavy atom. The molecule has 0 aromatic heterocycles. The Kier molecular flexibility index (Phi) is 14.2. The second-order valence-electron chi connectivity index (χ2n) is 8.21. The van der Waals surface area contributed by atoms with Crippen LogP contribution in [-0.2, 0) is 20.4 Å². The summed E-state index contributed by atoms with van der Waals surface area (Å²) in [5.74, 6) is 2.48. The molecule has 3 unspecified atom stereocenters. The fraction of sp³-hybridized carbons (Fsp3) is 0.308. The van der Waals surface area contributed by atoms with Crippen molar-refractivity contribution in [3.8, 4) is 17.2 Å². The molecule has 0 saturated carbocycles. The number of benzene rings is 3. The molecule has 0 radical (unpaired) electrons. The zero-order valence-corrected chi connectivity index (χ0v) is 24.0. The predicted molar refractivity (Wildman–Crippen MR) is 125 cm³/mol. The number of para-hydroxylation sites is 3. The van der Waals surface area contributed by atoms with Crippen molar-refractivity contribution in [1.82, 2.24) is 15.1 Å². The van der Waals surface area contributed by atoms with E-state index in [2.05, 4.69) is 49.6 Å². The number of nitrogens with one attached hydrogen (secondary N) is 1. The molecule has 1 aliphatic heterocycles. The van der Waals surface area contributed by atoms with Crippen LogP contribution in [-0.4, -0.2) is 60.0 Å². The van der Waals surface area contributed by atoms with Crippen molar-refractivity contribution in [2.75, 3.05) is 33.7 Å². The molecule has 0 aliphatic carbocycles. The Hall–Kier alpha value is -1.48. The summed E-state index contributed by atoms with van der Waals surface area (Å²) in [6.07, 6.45) is -0.442. The summed E-state index contributed by atoms with van der Waals surface area (Å²) in [6, 6.07) is 29.7. The molecule has 0 spiro atoms. The number of ether oxygens (including phenoxy) is 3. The monoisotopic (exact) mass is 585 g/mol. The third-order valence-corrected chi connectivity index (χ3v) is 6.66. The summed E-state index contributed by atoms with van der Waals surface area (Å²) in [4.78, 5) is 4.38.